The van der Waals surface area contributed by atoms with Crippen molar-refractivity contribution in [1.29, 1.82) is 0 Å². The molecule has 5 rings (SSSR count). The van der Waals surface area contributed by atoms with Gasteiger partial charge < -0.3 is 25.0 Å². The number of piperazine rings is 1. The van der Waals surface area contributed by atoms with Gasteiger partial charge in [-0.25, -0.2) is 14.4 Å². The number of likely N-dealkylation sites (N-methyl/N-ethyl adjacent to an activating group) is 1. The predicted molar refractivity (Wildman–Crippen MR) is 150 cm³/mol. The number of nitrogens with one attached hydrogen (secondary N) is 1. The number of benzene rings is 2. The van der Waals surface area contributed by atoms with E-state index in [0.29, 0.717) is 68.7 Å². The number of phenolic OH excluding ortho intramolecular Hbond substituents is 1. The predicted octanol–water partition coefficient (Wildman–Crippen LogP) is 4.62. The Hall–Kier alpha value is -3.97. The summed E-state index contributed by atoms with van der Waals surface area (Å²) in [5.41, 5.74) is -0.481. The number of phenols is 1. The zero-order valence-electron chi connectivity index (χ0n) is 23.5. The van der Waals surface area contributed by atoms with Crippen LogP contribution in [0, 0.1) is 5.82 Å². The minimum absolute atomic E-state index is 0.113. The molecular weight excluding hydrogens is 556 g/mol. The molecule has 3 aromatic rings. The topological polar surface area (TPSA) is 94.1 Å². The van der Waals surface area contributed by atoms with Crippen LogP contribution in [0.4, 0.5) is 34.9 Å². The van der Waals surface area contributed by atoms with Crippen molar-refractivity contribution in [3.63, 3.8) is 0 Å². The lowest BCUT2D eigenvalue weighted by molar-refractivity contribution is -0.137. The first-order valence-corrected chi connectivity index (χ1v) is 13.6. The number of carbonyl (C=O) groups is 1. The first-order chi connectivity index (χ1) is 19.9. The molecule has 2 N–H and O–H groups in total. The Morgan fingerprint density at radius 2 is 1.64 bits per heavy atom. The molecule has 0 radical (unpaired) electrons. The molecule has 9 nitrogen and oxygen atoms in total. The Balaban J connectivity index is 1.52. The first kappa shape index (κ1) is 29.5. The highest BCUT2D eigenvalue weighted by Gasteiger charge is 2.33. The summed E-state index contributed by atoms with van der Waals surface area (Å²) in [5, 5.41) is 12.6. The highest BCUT2D eigenvalue weighted by atomic mass is 19.4. The number of morpholine rings is 1. The van der Waals surface area contributed by atoms with Crippen LogP contribution in [0.15, 0.2) is 42.7 Å². The summed E-state index contributed by atoms with van der Waals surface area (Å²) in [7, 11) is 2.00. The molecule has 224 valence electrons. The SMILES string of the molecule is C[C@@H]1CN(c2cc(F)c(-c3cnc(N4CCOCC4)nc3)cc2NC(=O)c2cc(O)cc(C(F)(F)F)c2)C[C@H](C)N1C. The van der Waals surface area contributed by atoms with Crippen LogP contribution in [0.25, 0.3) is 11.1 Å². The number of rotatable bonds is 5. The molecule has 2 aliphatic heterocycles. The molecule has 13 heteroatoms. The highest BCUT2D eigenvalue weighted by molar-refractivity contribution is 6.06. The van der Waals surface area contributed by atoms with E-state index >= 15 is 4.39 Å². The number of alkyl halides is 3. The lowest BCUT2D eigenvalue weighted by Gasteiger charge is -2.44. The zero-order chi connectivity index (χ0) is 30.2. The third-order valence-electron chi connectivity index (χ3n) is 7.78. The lowest BCUT2D eigenvalue weighted by atomic mass is 10.0. The minimum atomic E-state index is -4.76. The fraction of sp³-hybridized carbons (Fsp3) is 0.414. The normalized spacial score (nSPS) is 20.1. The van der Waals surface area contributed by atoms with Crippen molar-refractivity contribution in [2.24, 2.45) is 0 Å². The molecule has 0 spiro atoms. The molecule has 2 aromatic carbocycles. The lowest BCUT2D eigenvalue weighted by Crippen LogP contribution is -2.55. The largest absolute Gasteiger partial charge is 0.508 e. The summed E-state index contributed by atoms with van der Waals surface area (Å²) in [6.07, 6.45) is -1.78. The minimum Gasteiger partial charge on any atom is -0.508 e. The summed E-state index contributed by atoms with van der Waals surface area (Å²) in [4.78, 5) is 28.1. The quantitative estimate of drug-likeness (QED) is 0.417. The summed E-state index contributed by atoms with van der Waals surface area (Å²) >= 11 is 0. The van der Waals surface area contributed by atoms with Gasteiger partial charge in [0.15, 0.2) is 0 Å². The second kappa shape index (κ2) is 11.7. The van der Waals surface area contributed by atoms with Crippen molar-refractivity contribution < 1.29 is 32.2 Å². The number of ether oxygens (including phenoxy) is 1. The van der Waals surface area contributed by atoms with Gasteiger partial charge in [0.2, 0.25) is 5.95 Å². The summed E-state index contributed by atoms with van der Waals surface area (Å²) in [6.45, 7) is 7.50. The van der Waals surface area contributed by atoms with Gasteiger partial charge >= 0.3 is 6.18 Å². The van der Waals surface area contributed by atoms with E-state index in [2.05, 4.69) is 20.2 Å². The van der Waals surface area contributed by atoms with Crippen molar-refractivity contribution >= 4 is 23.2 Å². The Kier molecular flexibility index (Phi) is 8.24. The average Bonchev–Trinajstić information content (AvgIpc) is 2.96. The average molecular weight is 589 g/mol. The second-order valence-electron chi connectivity index (χ2n) is 10.7. The van der Waals surface area contributed by atoms with E-state index in [4.69, 9.17) is 4.74 Å². The highest BCUT2D eigenvalue weighted by Crippen LogP contribution is 2.37. The van der Waals surface area contributed by atoms with Crippen molar-refractivity contribution in [2.45, 2.75) is 32.1 Å². The fourth-order valence-corrected chi connectivity index (χ4v) is 5.23. The maximum Gasteiger partial charge on any atom is 0.416 e. The maximum atomic E-state index is 15.7. The molecule has 1 aromatic heterocycles. The number of hydrogen-bond acceptors (Lipinski definition) is 8. The monoisotopic (exact) mass is 588 g/mol. The smallest absolute Gasteiger partial charge is 0.416 e. The van der Waals surface area contributed by atoms with E-state index in [1.54, 1.807) is 0 Å². The maximum absolute atomic E-state index is 15.7. The molecule has 1 amide bonds. The van der Waals surface area contributed by atoms with Gasteiger partial charge in [0.1, 0.15) is 11.6 Å². The second-order valence-corrected chi connectivity index (χ2v) is 10.7. The molecular formula is C29H32F4N6O3. The van der Waals surface area contributed by atoms with Gasteiger partial charge in [-0.15, -0.1) is 0 Å². The van der Waals surface area contributed by atoms with Crippen LogP contribution in [0.5, 0.6) is 5.75 Å². The molecule has 42 heavy (non-hydrogen) atoms. The van der Waals surface area contributed by atoms with Crippen molar-refractivity contribution in [3.05, 3.63) is 59.7 Å². The molecule has 0 bridgehead atoms. The van der Waals surface area contributed by atoms with Gasteiger partial charge in [-0.1, -0.05) is 0 Å². The fourth-order valence-electron chi connectivity index (χ4n) is 5.23. The van der Waals surface area contributed by atoms with Crippen LogP contribution in [0.1, 0.15) is 29.8 Å². The van der Waals surface area contributed by atoms with Crippen LogP contribution in [-0.2, 0) is 10.9 Å². The van der Waals surface area contributed by atoms with E-state index in [1.807, 2.05) is 30.7 Å². The summed E-state index contributed by atoms with van der Waals surface area (Å²) < 4.78 is 61.2. The van der Waals surface area contributed by atoms with E-state index < -0.39 is 34.8 Å². The van der Waals surface area contributed by atoms with Crippen LogP contribution >= 0.6 is 0 Å². The number of hydrogen-bond donors (Lipinski definition) is 2. The van der Waals surface area contributed by atoms with Crippen LogP contribution in [0.3, 0.4) is 0 Å². The Bertz CT molecular complexity index is 1430. The Morgan fingerprint density at radius 3 is 2.26 bits per heavy atom. The third kappa shape index (κ3) is 6.26. The molecule has 2 fully saturated rings. The number of nitrogens with zero attached hydrogens (tertiary/aromatic N) is 5. The van der Waals surface area contributed by atoms with E-state index in [1.165, 1.54) is 24.5 Å². The van der Waals surface area contributed by atoms with Gasteiger partial charge in [-0.2, -0.15) is 13.2 Å². The van der Waals surface area contributed by atoms with Gasteiger partial charge in [0.25, 0.3) is 5.91 Å². The molecule has 2 saturated heterocycles. The van der Waals surface area contributed by atoms with Gasteiger partial charge in [-0.05, 0) is 51.2 Å². The number of carbonyl (C=O) groups excluding carboxylic acids is 1. The number of halogens is 4. The van der Waals surface area contributed by atoms with Crippen molar-refractivity contribution in [3.8, 4) is 16.9 Å². The van der Waals surface area contributed by atoms with Gasteiger partial charge in [0, 0.05) is 67.3 Å². The van der Waals surface area contributed by atoms with E-state index in [9.17, 15) is 23.1 Å². The molecule has 3 heterocycles. The standard InChI is InChI=1S/C29H32F4N6O3/c1-17-15-39(16-18(2)37(17)3)26-12-24(30)23(20-13-34-28(35-14-20)38-4-6-42-7-5-38)11-25(26)36-27(41)19-8-21(29(31,32)33)10-22(40)9-19/h8-14,17-18,40H,4-7,15-16H2,1-3H3,(H,36,41)/t17-,18+. The molecule has 2 atom stereocenters. The number of amides is 1. The Morgan fingerprint density at radius 1 is 1.00 bits per heavy atom. The molecule has 0 saturated carbocycles. The summed E-state index contributed by atoms with van der Waals surface area (Å²) in [6, 6.07) is 5.14. The van der Waals surface area contributed by atoms with Crippen molar-refractivity contribution in [1.82, 2.24) is 14.9 Å². The van der Waals surface area contributed by atoms with E-state index in [0.717, 1.165) is 6.07 Å². The van der Waals surface area contributed by atoms with Gasteiger partial charge in [0.05, 0.1) is 30.2 Å². The molecule has 2 aliphatic rings. The Labute approximate surface area is 240 Å². The van der Waals surface area contributed by atoms with E-state index in [-0.39, 0.29) is 23.3 Å². The first-order valence-electron chi connectivity index (χ1n) is 13.6. The summed E-state index contributed by atoms with van der Waals surface area (Å²) in [5.74, 6) is -1.67. The van der Waals surface area contributed by atoms with Crippen molar-refractivity contribution in [2.75, 3.05) is 61.6 Å². The molecule has 0 aliphatic carbocycles. The molecule has 0 unspecified atom stereocenters. The number of anilines is 3. The third-order valence-corrected chi connectivity index (χ3v) is 7.78. The number of aromatic nitrogens is 2. The van der Waals surface area contributed by atoms with Crippen LogP contribution in [-0.4, -0.2) is 84.4 Å². The zero-order valence-corrected chi connectivity index (χ0v) is 23.5. The van der Waals surface area contributed by atoms with Crippen LogP contribution < -0.4 is 15.1 Å². The van der Waals surface area contributed by atoms with Crippen LogP contribution in [0.2, 0.25) is 0 Å². The number of aromatic hydroxyl groups is 1. The van der Waals surface area contributed by atoms with Gasteiger partial charge in [-0.3, -0.25) is 9.69 Å².